The monoisotopic (exact) mass is 532 g/mol. The molecule has 1 aromatic carbocycles. The summed E-state index contributed by atoms with van der Waals surface area (Å²) < 4.78 is 52.0. The number of ether oxygens (including phenoxy) is 1. The summed E-state index contributed by atoms with van der Waals surface area (Å²) in [6.45, 7) is -2.36. The lowest BCUT2D eigenvalue weighted by Crippen LogP contribution is -2.36. The number of alkyl halides is 2. The van der Waals surface area contributed by atoms with Gasteiger partial charge in [0.05, 0.1) is 6.54 Å². The lowest BCUT2D eigenvalue weighted by molar-refractivity contribution is -0.0504. The van der Waals surface area contributed by atoms with E-state index in [2.05, 4.69) is 20.4 Å². The molecule has 0 aliphatic rings. The minimum absolute atomic E-state index is 0. The molecule has 0 saturated carbocycles. The molecule has 1 aromatic heterocycles. The second kappa shape index (κ2) is 10.7. The van der Waals surface area contributed by atoms with Gasteiger partial charge in [-0.3, -0.25) is 4.99 Å². The number of guanidine groups is 1. The molecule has 27 heavy (non-hydrogen) atoms. The summed E-state index contributed by atoms with van der Waals surface area (Å²) in [5.74, 6) is 0.504. The minimum atomic E-state index is -3.72. The van der Waals surface area contributed by atoms with Crippen molar-refractivity contribution < 1.29 is 21.9 Å². The Bertz CT molecular complexity index is 875. The van der Waals surface area contributed by atoms with E-state index in [1.807, 2.05) is 0 Å². The second-order valence-electron chi connectivity index (χ2n) is 5.03. The van der Waals surface area contributed by atoms with Crippen LogP contribution in [0.2, 0.25) is 0 Å². The van der Waals surface area contributed by atoms with E-state index in [1.54, 1.807) is 31.3 Å². The van der Waals surface area contributed by atoms with Gasteiger partial charge in [0.25, 0.3) is 0 Å². The number of aliphatic imine (C=N–C) groups is 1. The van der Waals surface area contributed by atoms with Gasteiger partial charge in [0.1, 0.15) is 9.96 Å². The molecule has 0 amide bonds. The number of thiophene rings is 1. The van der Waals surface area contributed by atoms with E-state index < -0.39 is 16.6 Å². The van der Waals surface area contributed by atoms with Gasteiger partial charge in [0.2, 0.25) is 10.0 Å². The Balaban J connectivity index is 0.00000364. The normalized spacial score (nSPS) is 11.8. The Morgan fingerprint density at radius 1 is 1.22 bits per heavy atom. The molecule has 0 bridgehead atoms. The SMILES string of the molecule is CN=C(NCc1ccc(S(N)(=O)=O)s1)NCc1ccccc1OC(F)F.I. The summed E-state index contributed by atoms with van der Waals surface area (Å²) in [6.07, 6.45) is 0. The Kier molecular flexibility index (Phi) is 9.35. The van der Waals surface area contributed by atoms with E-state index in [-0.39, 0.29) is 40.5 Å². The van der Waals surface area contributed by atoms with Crippen molar-refractivity contribution in [2.75, 3.05) is 7.05 Å². The highest BCUT2D eigenvalue weighted by molar-refractivity contribution is 14.0. The zero-order valence-electron chi connectivity index (χ0n) is 14.2. The number of nitrogens with one attached hydrogen (secondary N) is 2. The standard InChI is InChI=1S/C15H18F2N4O3S2.HI/c1-19-15(21-9-11-6-7-13(25-11)26(18,22)23)20-8-10-4-2-3-5-12(10)24-14(16)17;/h2-7,14H,8-9H2,1H3,(H2,18,22,23)(H2,19,20,21);1H. The van der Waals surface area contributed by atoms with Gasteiger partial charge in [-0.2, -0.15) is 8.78 Å². The number of hydrogen-bond donors (Lipinski definition) is 3. The molecule has 4 N–H and O–H groups in total. The lowest BCUT2D eigenvalue weighted by atomic mass is 10.2. The highest BCUT2D eigenvalue weighted by Crippen LogP contribution is 2.21. The lowest BCUT2D eigenvalue weighted by Gasteiger charge is -2.14. The number of primary sulfonamides is 1. The van der Waals surface area contributed by atoms with Crippen LogP contribution < -0.4 is 20.5 Å². The molecule has 0 saturated heterocycles. The van der Waals surface area contributed by atoms with Gasteiger partial charge >= 0.3 is 6.61 Å². The molecule has 2 rings (SSSR count). The molecule has 0 spiro atoms. The van der Waals surface area contributed by atoms with Gasteiger partial charge in [-0.1, -0.05) is 18.2 Å². The van der Waals surface area contributed by atoms with Crippen LogP contribution in [0.15, 0.2) is 45.6 Å². The molecule has 0 aliphatic carbocycles. The molecule has 0 fully saturated rings. The highest BCUT2D eigenvalue weighted by atomic mass is 127. The molecule has 2 aromatic rings. The first-order valence-electron chi connectivity index (χ1n) is 7.38. The van der Waals surface area contributed by atoms with E-state index in [0.29, 0.717) is 18.1 Å². The fourth-order valence-electron chi connectivity index (χ4n) is 2.04. The van der Waals surface area contributed by atoms with Gasteiger partial charge < -0.3 is 15.4 Å². The van der Waals surface area contributed by atoms with E-state index >= 15 is 0 Å². The largest absolute Gasteiger partial charge is 0.434 e. The summed E-state index contributed by atoms with van der Waals surface area (Å²) in [5.41, 5.74) is 0.545. The maximum atomic E-state index is 12.4. The number of halogens is 3. The molecule has 0 atom stereocenters. The van der Waals surface area contributed by atoms with Crippen molar-refractivity contribution in [3.8, 4) is 5.75 Å². The Hall–Kier alpha value is -1.51. The smallest absolute Gasteiger partial charge is 0.387 e. The predicted molar refractivity (Wildman–Crippen MR) is 111 cm³/mol. The molecule has 1 heterocycles. The number of hydrogen-bond acceptors (Lipinski definition) is 5. The average Bonchev–Trinajstić information content (AvgIpc) is 3.05. The summed E-state index contributed by atoms with van der Waals surface area (Å²) in [6, 6.07) is 9.52. The first kappa shape index (κ1) is 23.5. The van der Waals surface area contributed by atoms with Gasteiger partial charge in [-0.15, -0.1) is 35.3 Å². The number of para-hydroxylation sites is 1. The maximum absolute atomic E-state index is 12.4. The molecule has 0 aliphatic heterocycles. The van der Waals surface area contributed by atoms with Gasteiger partial charge in [0.15, 0.2) is 5.96 Å². The molecule has 12 heteroatoms. The van der Waals surface area contributed by atoms with Gasteiger partial charge in [0, 0.05) is 24.0 Å². The first-order chi connectivity index (χ1) is 12.3. The van der Waals surface area contributed by atoms with Crippen molar-refractivity contribution in [1.82, 2.24) is 10.6 Å². The summed E-state index contributed by atoms with van der Waals surface area (Å²) in [5, 5.41) is 11.1. The maximum Gasteiger partial charge on any atom is 0.387 e. The van der Waals surface area contributed by atoms with Crippen LogP contribution in [0.4, 0.5) is 8.78 Å². The number of nitrogens with two attached hydrogens (primary N) is 1. The fourth-order valence-corrected chi connectivity index (χ4v) is 3.76. The number of sulfonamides is 1. The van der Waals surface area contributed by atoms with Crippen LogP contribution in [-0.2, 0) is 23.1 Å². The van der Waals surface area contributed by atoms with Crippen LogP contribution >= 0.6 is 35.3 Å². The van der Waals surface area contributed by atoms with E-state index in [1.165, 1.54) is 12.1 Å². The highest BCUT2D eigenvalue weighted by Gasteiger charge is 2.12. The fraction of sp³-hybridized carbons (Fsp3) is 0.267. The van der Waals surface area contributed by atoms with Crippen LogP contribution in [0.25, 0.3) is 0 Å². The molecular weight excluding hydrogens is 513 g/mol. The third kappa shape index (κ3) is 7.56. The zero-order chi connectivity index (χ0) is 19.2. The topological polar surface area (TPSA) is 106 Å². The van der Waals surface area contributed by atoms with Crippen molar-refractivity contribution in [3.05, 3.63) is 46.8 Å². The van der Waals surface area contributed by atoms with E-state index in [4.69, 9.17) is 5.14 Å². The quantitative estimate of drug-likeness (QED) is 0.289. The minimum Gasteiger partial charge on any atom is -0.434 e. The Morgan fingerprint density at radius 2 is 1.89 bits per heavy atom. The molecule has 7 nitrogen and oxygen atoms in total. The predicted octanol–water partition coefficient (Wildman–Crippen LogP) is 2.48. The Labute approximate surface area is 177 Å². The van der Waals surface area contributed by atoms with E-state index in [9.17, 15) is 17.2 Å². The van der Waals surface area contributed by atoms with Gasteiger partial charge in [-0.05, 0) is 18.2 Å². The molecular formula is C15H19F2IN4O3S2. The van der Waals surface area contributed by atoms with Crippen LogP contribution in [0.5, 0.6) is 5.75 Å². The van der Waals surface area contributed by atoms with E-state index in [0.717, 1.165) is 16.2 Å². The Morgan fingerprint density at radius 3 is 2.48 bits per heavy atom. The summed E-state index contributed by atoms with van der Waals surface area (Å²) in [4.78, 5) is 4.78. The average molecular weight is 532 g/mol. The first-order valence-corrected chi connectivity index (χ1v) is 9.74. The summed E-state index contributed by atoms with van der Waals surface area (Å²) >= 11 is 1.05. The van der Waals surface area contributed by atoms with Crippen molar-refractivity contribution >= 4 is 51.3 Å². The van der Waals surface area contributed by atoms with Crippen molar-refractivity contribution in [3.63, 3.8) is 0 Å². The van der Waals surface area contributed by atoms with Crippen LogP contribution in [0, 0.1) is 0 Å². The third-order valence-corrected chi connectivity index (χ3v) is 5.73. The van der Waals surface area contributed by atoms with Crippen molar-refractivity contribution in [2.24, 2.45) is 10.1 Å². The molecule has 150 valence electrons. The second-order valence-corrected chi connectivity index (χ2v) is 7.99. The van der Waals surface area contributed by atoms with Gasteiger partial charge in [-0.25, -0.2) is 13.6 Å². The van der Waals surface area contributed by atoms with Crippen LogP contribution in [-0.4, -0.2) is 28.0 Å². The number of rotatable bonds is 7. The van der Waals surface area contributed by atoms with Crippen molar-refractivity contribution in [1.29, 1.82) is 0 Å². The molecule has 0 unspecified atom stereocenters. The van der Waals surface area contributed by atoms with Crippen LogP contribution in [0.3, 0.4) is 0 Å². The number of nitrogens with zero attached hydrogens (tertiary/aromatic N) is 1. The zero-order valence-corrected chi connectivity index (χ0v) is 18.1. The molecule has 0 radical (unpaired) electrons. The number of benzene rings is 1. The van der Waals surface area contributed by atoms with Crippen LogP contribution in [0.1, 0.15) is 10.4 Å². The third-order valence-electron chi connectivity index (χ3n) is 3.21. The summed E-state index contributed by atoms with van der Waals surface area (Å²) in [7, 11) is -2.16. The van der Waals surface area contributed by atoms with Crippen molar-refractivity contribution in [2.45, 2.75) is 23.9 Å².